The third-order valence-corrected chi connectivity index (χ3v) is 1.87. The molecule has 0 spiro atoms. The third-order valence-electron chi connectivity index (χ3n) is 1.87. The Morgan fingerprint density at radius 3 is 2.47 bits per heavy atom. The predicted molar refractivity (Wildman–Crippen MR) is 58.0 cm³/mol. The minimum Gasteiger partial charge on any atom is -0.396 e. The number of aromatic nitrogens is 3. The van der Waals surface area contributed by atoms with E-state index in [1.165, 1.54) is 0 Å². The summed E-state index contributed by atoms with van der Waals surface area (Å²) in [5.41, 5.74) is 7.16. The Morgan fingerprint density at radius 1 is 1.13 bits per heavy atom. The van der Waals surface area contributed by atoms with Crippen LogP contribution in [0.2, 0.25) is 0 Å². The second-order valence-electron chi connectivity index (χ2n) is 3.05. The van der Waals surface area contributed by atoms with Gasteiger partial charge in [0.15, 0.2) is 0 Å². The lowest BCUT2D eigenvalue weighted by Gasteiger charge is -2.03. The first-order valence-electron chi connectivity index (χ1n) is 4.55. The maximum atomic E-state index is 5.47. The van der Waals surface area contributed by atoms with Gasteiger partial charge in [0.1, 0.15) is 0 Å². The second kappa shape index (κ2) is 4.36. The van der Waals surface area contributed by atoms with Crippen LogP contribution >= 0.6 is 0 Å². The molecule has 2 aromatic rings. The number of hydrogen-bond donors (Lipinski definition) is 2. The summed E-state index contributed by atoms with van der Waals surface area (Å²) in [6, 6.07) is 3.87. The van der Waals surface area contributed by atoms with Crippen LogP contribution in [0.3, 0.4) is 0 Å². The zero-order valence-corrected chi connectivity index (χ0v) is 8.09. The highest BCUT2D eigenvalue weighted by Crippen LogP contribution is 2.03. The minimum absolute atomic E-state index is 0.560. The fraction of sp³-hybridized carbons (Fsp3) is 0.100. The molecule has 5 nitrogen and oxygen atoms in total. The fourth-order valence-electron chi connectivity index (χ4n) is 1.11. The molecule has 3 N–H and O–H groups in total. The zero-order chi connectivity index (χ0) is 10.5. The molecule has 15 heavy (non-hydrogen) atoms. The fourth-order valence-corrected chi connectivity index (χ4v) is 1.11. The van der Waals surface area contributed by atoms with Gasteiger partial charge in [-0.2, -0.15) is 0 Å². The van der Waals surface area contributed by atoms with Gasteiger partial charge in [-0.05, 0) is 17.7 Å². The van der Waals surface area contributed by atoms with Crippen LogP contribution in [0.5, 0.6) is 0 Å². The topological polar surface area (TPSA) is 76.7 Å². The van der Waals surface area contributed by atoms with E-state index >= 15 is 0 Å². The normalized spacial score (nSPS) is 9.87. The van der Waals surface area contributed by atoms with Crippen molar-refractivity contribution in [3.63, 3.8) is 0 Å². The average molecular weight is 201 g/mol. The van der Waals surface area contributed by atoms with Crippen molar-refractivity contribution in [2.45, 2.75) is 6.54 Å². The quantitative estimate of drug-likeness (QED) is 0.776. The maximum absolute atomic E-state index is 5.47. The molecule has 0 radical (unpaired) electrons. The number of nitrogen functional groups attached to an aromatic ring is 1. The second-order valence-corrected chi connectivity index (χ2v) is 3.05. The van der Waals surface area contributed by atoms with Gasteiger partial charge >= 0.3 is 0 Å². The molecule has 76 valence electrons. The Bertz CT molecular complexity index is 412. The van der Waals surface area contributed by atoms with Crippen LogP contribution < -0.4 is 11.1 Å². The molecule has 0 saturated carbocycles. The Kier molecular flexibility index (Phi) is 2.73. The van der Waals surface area contributed by atoms with E-state index in [0.717, 1.165) is 5.56 Å². The van der Waals surface area contributed by atoms with Crippen molar-refractivity contribution in [3.05, 3.63) is 42.5 Å². The summed E-state index contributed by atoms with van der Waals surface area (Å²) in [5, 5.41) is 3.08. The number of pyridine rings is 1. The summed E-state index contributed by atoms with van der Waals surface area (Å²) in [6.45, 7) is 0.673. The van der Waals surface area contributed by atoms with Crippen LogP contribution in [0.15, 0.2) is 36.9 Å². The standard InChI is InChI=1S/C10H11N5/c11-9-6-14-10(15-7-9)13-5-8-1-3-12-4-2-8/h1-4,6-7H,5,11H2,(H,13,14,15). The highest BCUT2D eigenvalue weighted by molar-refractivity contribution is 5.36. The van der Waals surface area contributed by atoms with E-state index < -0.39 is 0 Å². The highest BCUT2D eigenvalue weighted by Gasteiger charge is 1.95. The monoisotopic (exact) mass is 201 g/mol. The molecule has 0 amide bonds. The molecule has 0 aromatic carbocycles. The summed E-state index contributed by atoms with van der Waals surface area (Å²) in [7, 11) is 0. The van der Waals surface area contributed by atoms with Crippen molar-refractivity contribution >= 4 is 11.6 Å². The SMILES string of the molecule is Nc1cnc(NCc2ccncc2)nc1. The number of nitrogens with two attached hydrogens (primary N) is 1. The van der Waals surface area contributed by atoms with E-state index in [0.29, 0.717) is 18.2 Å². The molecule has 2 rings (SSSR count). The summed E-state index contributed by atoms with van der Waals surface area (Å²) in [6.07, 6.45) is 6.64. The highest BCUT2D eigenvalue weighted by atomic mass is 15.1. The Morgan fingerprint density at radius 2 is 1.80 bits per heavy atom. The molecule has 2 aromatic heterocycles. The molecule has 2 heterocycles. The lowest BCUT2D eigenvalue weighted by Crippen LogP contribution is -2.03. The smallest absolute Gasteiger partial charge is 0.222 e. The van der Waals surface area contributed by atoms with Gasteiger partial charge in [-0.25, -0.2) is 9.97 Å². The summed E-state index contributed by atoms with van der Waals surface area (Å²) in [4.78, 5) is 12.0. The number of rotatable bonds is 3. The Labute approximate surface area is 87.4 Å². The molecule has 0 aliphatic carbocycles. The molecule has 0 saturated heterocycles. The minimum atomic E-state index is 0.560. The molecule has 0 aliphatic heterocycles. The van der Waals surface area contributed by atoms with Crippen molar-refractivity contribution in [1.29, 1.82) is 0 Å². The maximum Gasteiger partial charge on any atom is 0.222 e. The van der Waals surface area contributed by atoms with Gasteiger partial charge in [0, 0.05) is 18.9 Å². The Hall–Kier alpha value is -2.17. The zero-order valence-electron chi connectivity index (χ0n) is 8.09. The summed E-state index contributed by atoms with van der Waals surface area (Å²) in [5.74, 6) is 0.570. The van der Waals surface area contributed by atoms with Crippen LogP contribution in [-0.2, 0) is 6.54 Å². The average Bonchev–Trinajstić information content (AvgIpc) is 2.30. The van der Waals surface area contributed by atoms with Gasteiger partial charge in [-0.15, -0.1) is 0 Å². The Balaban J connectivity index is 1.96. The summed E-state index contributed by atoms with van der Waals surface area (Å²) < 4.78 is 0. The predicted octanol–water partition coefficient (Wildman–Crippen LogP) is 1.07. The van der Waals surface area contributed by atoms with Gasteiger partial charge in [0.25, 0.3) is 0 Å². The molecule has 0 aliphatic rings. The molecule has 0 unspecified atom stereocenters. The van der Waals surface area contributed by atoms with Crippen LogP contribution in [0.1, 0.15) is 5.56 Å². The van der Waals surface area contributed by atoms with Gasteiger partial charge in [-0.1, -0.05) is 0 Å². The molecule has 0 fully saturated rings. The first-order valence-corrected chi connectivity index (χ1v) is 4.55. The van der Waals surface area contributed by atoms with Crippen molar-refractivity contribution in [2.24, 2.45) is 0 Å². The van der Waals surface area contributed by atoms with Crippen molar-refractivity contribution in [3.8, 4) is 0 Å². The van der Waals surface area contributed by atoms with E-state index in [1.54, 1.807) is 24.8 Å². The van der Waals surface area contributed by atoms with E-state index in [4.69, 9.17) is 5.73 Å². The lowest BCUT2D eigenvalue weighted by molar-refractivity contribution is 1.05. The number of nitrogens with zero attached hydrogens (tertiary/aromatic N) is 3. The van der Waals surface area contributed by atoms with Crippen molar-refractivity contribution in [2.75, 3.05) is 11.1 Å². The summed E-state index contributed by atoms with van der Waals surface area (Å²) >= 11 is 0. The van der Waals surface area contributed by atoms with Crippen molar-refractivity contribution < 1.29 is 0 Å². The molecule has 0 atom stereocenters. The van der Waals surface area contributed by atoms with Crippen molar-refractivity contribution in [1.82, 2.24) is 15.0 Å². The lowest BCUT2D eigenvalue weighted by atomic mass is 10.3. The first-order chi connectivity index (χ1) is 7.34. The van der Waals surface area contributed by atoms with E-state index in [1.807, 2.05) is 12.1 Å². The molecular formula is C10H11N5. The van der Waals surface area contributed by atoms with Gasteiger partial charge < -0.3 is 11.1 Å². The third kappa shape index (κ3) is 2.63. The van der Waals surface area contributed by atoms with Crippen LogP contribution in [0, 0.1) is 0 Å². The first kappa shape index (κ1) is 9.39. The van der Waals surface area contributed by atoms with Crippen LogP contribution in [-0.4, -0.2) is 15.0 Å². The largest absolute Gasteiger partial charge is 0.396 e. The van der Waals surface area contributed by atoms with Crippen LogP contribution in [0.25, 0.3) is 0 Å². The van der Waals surface area contributed by atoms with Gasteiger partial charge in [-0.3, -0.25) is 4.98 Å². The molecule has 0 bridgehead atoms. The van der Waals surface area contributed by atoms with E-state index in [-0.39, 0.29) is 0 Å². The number of anilines is 2. The van der Waals surface area contributed by atoms with E-state index in [9.17, 15) is 0 Å². The van der Waals surface area contributed by atoms with E-state index in [2.05, 4.69) is 20.3 Å². The van der Waals surface area contributed by atoms with Crippen LogP contribution in [0.4, 0.5) is 11.6 Å². The van der Waals surface area contributed by atoms with Gasteiger partial charge in [0.05, 0.1) is 18.1 Å². The number of nitrogens with one attached hydrogen (secondary N) is 1. The molecule has 5 heteroatoms. The van der Waals surface area contributed by atoms with Gasteiger partial charge in [0.2, 0.25) is 5.95 Å². The molecular weight excluding hydrogens is 190 g/mol. The number of hydrogen-bond acceptors (Lipinski definition) is 5.